The Kier molecular flexibility index (Phi) is 2.89. The van der Waals surface area contributed by atoms with Gasteiger partial charge in [0.15, 0.2) is 0 Å². The molecule has 0 heterocycles. The molecular formula is C18H19NO. The highest BCUT2D eigenvalue weighted by atomic mass is 16.4. The summed E-state index contributed by atoms with van der Waals surface area (Å²) in [4.78, 5) is 0. The van der Waals surface area contributed by atoms with Crippen LogP contribution in [0.25, 0.3) is 11.1 Å². The minimum absolute atomic E-state index is 0.0245. The van der Waals surface area contributed by atoms with Gasteiger partial charge in [-0.1, -0.05) is 61.0 Å². The van der Waals surface area contributed by atoms with Crippen LogP contribution in [-0.2, 0) is 5.41 Å². The molecule has 20 heavy (non-hydrogen) atoms. The molecule has 0 atom stereocenters. The Balaban J connectivity index is 2.15. The summed E-state index contributed by atoms with van der Waals surface area (Å²) < 4.78 is 0. The van der Waals surface area contributed by atoms with Gasteiger partial charge in [0.2, 0.25) is 0 Å². The van der Waals surface area contributed by atoms with Crippen LogP contribution in [-0.4, -0.2) is 10.9 Å². The predicted octanol–water partition coefficient (Wildman–Crippen LogP) is 4.52. The van der Waals surface area contributed by atoms with Crippen molar-refractivity contribution in [2.45, 2.75) is 32.6 Å². The van der Waals surface area contributed by atoms with Crippen LogP contribution in [0.5, 0.6) is 0 Å². The maximum Gasteiger partial charge on any atom is 0.0879 e. The van der Waals surface area contributed by atoms with Crippen molar-refractivity contribution in [3.8, 4) is 11.1 Å². The zero-order valence-corrected chi connectivity index (χ0v) is 12.1. The summed E-state index contributed by atoms with van der Waals surface area (Å²) in [6.07, 6.45) is 0.788. The van der Waals surface area contributed by atoms with Crippen molar-refractivity contribution in [3.63, 3.8) is 0 Å². The molecule has 2 nitrogen and oxygen atoms in total. The van der Waals surface area contributed by atoms with Crippen LogP contribution < -0.4 is 0 Å². The van der Waals surface area contributed by atoms with Crippen LogP contribution >= 0.6 is 0 Å². The number of rotatable bonds is 1. The van der Waals surface area contributed by atoms with Gasteiger partial charge in [0.1, 0.15) is 0 Å². The van der Waals surface area contributed by atoms with Crippen molar-refractivity contribution in [2.24, 2.45) is 5.16 Å². The van der Waals surface area contributed by atoms with Crippen molar-refractivity contribution in [1.29, 1.82) is 0 Å². The van der Waals surface area contributed by atoms with Gasteiger partial charge in [-0.05, 0) is 35.1 Å². The van der Waals surface area contributed by atoms with E-state index in [-0.39, 0.29) is 5.41 Å². The van der Waals surface area contributed by atoms with Gasteiger partial charge in [0.05, 0.1) is 5.71 Å². The van der Waals surface area contributed by atoms with Crippen LogP contribution in [0.2, 0.25) is 0 Å². The number of benzene rings is 2. The molecule has 0 saturated heterocycles. The third-order valence-electron chi connectivity index (χ3n) is 4.14. The third-order valence-corrected chi connectivity index (χ3v) is 4.14. The number of fused-ring (bicyclic) bond motifs is 1. The van der Waals surface area contributed by atoms with Gasteiger partial charge in [-0.15, -0.1) is 0 Å². The maximum atomic E-state index is 9.16. The largest absolute Gasteiger partial charge is 0.411 e. The highest BCUT2D eigenvalue weighted by Gasteiger charge is 2.34. The van der Waals surface area contributed by atoms with Crippen molar-refractivity contribution >= 4 is 5.71 Å². The summed E-state index contributed by atoms with van der Waals surface area (Å²) in [5.41, 5.74) is 6.88. The van der Waals surface area contributed by atoms with E-state index in [1.807, 2.05) is 0 Å². The number of hydrogen-bond acceptors (Lipinski definition) is 2. The highest BCUT2D eigenvalue weighted by Crippen LogP contribution is 2.40. The fourth-order valence-corrected chi connectivity index (χ4v) is 3.06. The van der Waals surface area contributed by atoms with Gasteiger partial charge < -0.3 is 5.21 Å². The first-order valence-electron chi connectivity index (χ1n) is 6.94. The molecule has 1 aliphatic carbocycles. The molecule has 102 valence electrons. The Labute approximate surface area is 119 Å². The fourth-order valence-electron chi connectivity index (χ4n) is 3.06. The SMILES string of the molecule is Cc1cccc(-c2ccc3c(c2)C(C)(C)CC3=NO)c1. The molecule has 1 N–H and O–H groups in total. The van der Waals surface area contributed by atoms with Crippen LogP contribution in [0.1, 0.15) is 37.0 Å². The Morgan fingerprint density at radius 1 is 1.05 bits per heavy atom. The van der Waals surface area contributed by atoms with E-state index < -0.39 is 0 Å². The van der Waals surface area contributed by atoms with Crippen molar-refractivity contribution in [3.05, 3.63) is 59.2 Å². The summed E-state index contributed by atoms with van der Waals surface area (Å²) in [7, 11) is 0. The molecule has 1 aliphatic rings. The van der Waals surface area contributed by atoms with Gasteiger partial charge in [-0.3, -0.25) is 0 Å². The van der Waals surface area contributed by atoms with E-state index in [9.17, 15) is 0 Å². The second-order valence-corrected chi connectivity index (χ2v) is 6.24. The molecular weight excluding hydrogens is 246 g/mol. The van der Waals surface area contributed by atoms with Crippen molar-refractivity contribution in [2.75, 3.05) is 0 Å². The fraction of sp³-hybridized carbons (Fsp3) is 0.278. The molecule has 2 heteroatoms. The molecule has 0 aliphatic heterocycles. The van der Waals surface area contributed by atoms with E-state index in [0.717, 1.165) is 17.7 Å². The summed E-state index contributed by atoms with van der Waals surface area (Å²) in [6.45, 7) is 6.51. The van der Waals surface area contributed by atoms with Gasteiger partial charge >= 0.3 is 0 Å². The highest BCUT2D eigenvalue weighted by molar-refractivity contribution is 6.06. The average molecular weight is 265 g/mol. The summed E-state index contributed by atoms with van der Waals surface area (Å²) >= 11 is 0. The third kappa shape index (κ3) is 2.01. The van der Waals surface area contributed by atoms with Crippen LogP contribution in [0, 0.1) is 6.92 Å². The quantitative estimate of drug-likeness (QED) is 0.596. The van der Waals surface area contributed by atoms with E-state index in [1.54, 1.807) is 0 Å². The molecule has 0 amide bonds. The van der Waals surface area contributed by atoms with E-state index in [4.69, 9.17) is 5.21 Å². The predicted molar refractivity (Wildman–Crippen MR) is 82.6 cm³/mol. The van der Waals surface area contributed by atoms with Gasteiger partial charge in [-0.2, -0.15) is 0 Å². The average Bonchev–Trinajstić information content (AvgIpc) is 2.70. The standard InChI is InChI=1S/C18H19NO/c1-12-5-4-6-13(9-12)14-7-8-15-16(10-14)18(2,3)11-17(15)19-20/h4-10,20H,11H2,1-3H3. The topological polar surface area (TPSA) is 32.6 Å². The molecule has 2 aromatic carbocycles. The lowest BCUT2D eigenvalue weighted by Gasteiger charge is -2.18. The second kappa shape index (κ2) is 4.48. The van der Waals surface area contributed by atoms with E-state index in [1.165, 1.54) is 22.3 Å². The minimum Gasteiger partial charge on any atom is -0.411 e. The van der Waals surface area contributed by atoms with Gasteiger partial charge in [0, 0.05) is 12.0 Å². The summed E-state index contributed by atoms with van der Waals surface area (Å²) in [5.74, 6) is 0. The van der Waals surface area contributed by atoms with Crippen molar-refractivity contribution in [1.82, 2.24) is 0 Å². The van der Waals surface area contributed by atoms with E-state index in [2.05, 4.69) is 68.4 Å². The van der Waals surface area contributed by atoms with E-state index in [0.29, 0.717) is 0 Å². The zero-order chi connectivity index (χ0) is 14.3. The number of nitrogens with zero attached hydrogens (tertiary/aromatic N) is 1. The maximum absolute atomic E-state index is 9.16. The molecule has 0 fully saturated rings. The first-order valence-corrected chi connectivity index (χ1v) is 6.94. The number of hydrogen-bond donors (Lipinski definition) is 1. The minimum atomic E-state index is 0.0245. The van der Waals surface area contributed by atoms with Crippen LogP contribution in [0.4, 0.5) is 0 Å². The van der Waals surface area contributed by atoms with Gasteiger partial charge in [-0.25, -0.2) is 0 Å². The van der Waals surface area contributed by atoms with Crippen LogP contribution in [0.15, 0.2) is 47.6 Å². The normalized spacial score (nSPS) is 18.2. The number of oxime groups is 1. The molecule has 0 radical (unpaired) electrons. The smallest absolute Gasteiger partial charge is 0.0879 e. The molecule has 0 aromatic heterocycles. The lowest BCUT2D eigenvalue weighted by atomic mass is 9.85. The Hall–Kier alpha value is -2.09. The lowest BCUT2D eigenvalue weighted by molar-refractivity contribution is 0.317. The first kappa shape index (κ1) is 12.9. The number of aryl methyl sites for hydroxylation is 1. The van der Waals surface area contributed by atoms with Crippen LogP contribution in [0.3, 0.4) is 0 Å². The lowest BCUT2D eigenvalue weighted by Crippen LogP contribution is -2.12. The van der Waals surface area contributed by atoms with Crippen molar-refractivity contribution < 1.29 is 5.21 Å². The molecule has 0 saturated carbocycles. The molecule has 0 spiro atoms. The zero-order valence-electron chi connectivity index (χ0n) is 12.1. The molecule has 2 aromatic rings. The Bertz CT molecular complexity index is 698. The molecule has 0 bridgehead atoms. The Morgan fingerprint density at radius 2 is 1.80 bits per heavy atom. The second-order valence-electron chi connectivity index (χ2n) is 6.24. The monoisotopic (exact) mass is 265 g/mol. The Morgan fingerprint density at radius 3 is 2.50 bits per heavy atom. The summed E-state index contributed by atoms with van der Waals surface area (Å²) in [6, 6.07) is 15.0. The van der Waals surface area contributed by atoms with E-state index >= 15 is 0 Å². The molecule has 3 rings (SSSR count). The van der Waals surface area contributed by atoms with Gasteiger partial charge in [0.25, 0.3) is 0 Å². The summed E-state index contributed by atoms with van der Waals surface area (Å²) in [5, 5.41) is 12.6. The molecule has 0 unspecified atom stereocenters. The first-order chi connectivity index (χ1) is 9.51.